The molecule has 0 aromatic carbocycles. The predicted molar refractivity (Wildman–Crippen MR) is 65.0 cm³/mol. The summed E-state index contributed by atoms with van der Waals surface area (Å²) in [6, 6.07) is 0. The van der Waals surface area contributed by atoms with E-state index in [1.165, 1.54) is 0 Å². The summed E-state index contributed by atoms with van der Waals surface area (Å²) in [5.41, 5.74) is -0.677. The molecule has 0 spiro atoms. The lowest BCUT2D eigenvalue weighted by atomic mass is 9.95. The molecule has 0 saturated heterocycles. The van der Waals surface area contributed by atoms with E-state index in [1.807, 2.05) is 0 Å². The highest BCUT2D eigenvalue weighted by Crippen LogP contribution is 2.16. The molecular formula is C9H19ClN2O3S. The fraction of sp³-hybridized carbons (Fsp3) is 0.889. The second-order valence-electron chi connectivity index (χ2n) is 4.09. The average Bonchev–Trinajstić information content (AvgIpc) is 2.17. The first-order valence-corrected chi connectivity index (χ1v) is 7.25. The third kappa shape index (κ3) is 5.67. The molecule has 0 aromatic heterocycles. The molecule has 0 rings (SSSR count). The number of nitrogens with one attached hydrogen (secondary N) is 2. The summed E-state index contributed by atoms with van der Waals surface area (Å²) in [7, 11) is -3.28. The van der Waals surface area contributed by atoms with Crippen LogP contribution in [0.1, 0.15) is 20.8 Å². The number of carbonyl (C=O) groups excluding carboxylic acids is 1. The van der Waals surface area contributed by atoms with Crippen LogP contribution in [0.2, 0.25) is 0 Å². The fourth-order valence-electron chi connectivity index (χ4n) is 0.891. The smallest absolute Gasteiger partial charge is 0.226 e. The van der Waals surface area contributed by atoms with E-state index in [-0.39, 0.29) is 24.1 Å². The van der Waals surface area contributed by atoms with Gasteiger partial charge in [0.1, 0.15) is 0 Å². The molecule has 0 aromatic rings. The Morgan fingerprint density at radius 2 is 1.94 bits per heavy atom. The summed E-state index contributed by atoms with van der Waals surface area (Å²) in [6.07, 6.45) is 0. The highest BCUT2D eigenvalue weighted by atomic mass is 35.5. The number of sulfonamides is 1. The Morgan fingerprint density at radius 3 is 2.38 bits per heavy atom. The summed E-state index contributed by atoms with van der Waals surface area (Å²) in [5, 5.41) is 2.55. The van der Waals surface area contributed by atoms with Crippen molar-refractivity contribution in [2.45, 2.75) is 20.8 Å². The highest BCUT2D eigenvalue weighted by Gasteiger charge is 2.26. The van der Waals surface area contributed by atoms with Crippen LogP contribution < -0.4 is 10.0 Å². The molecule has 16 heavy (non-hydrogen) atoms. The van der Waals surface area contributed by atoms with Gasteiger partial charge in [-0.2, -0.15) is 0 Å². The molecule has 7 heteroatoms. The molecule has 0 saturated carbocycles. The number of hydrogen-bond acceptors (Lipinski definition) is 3. The van der Waals surface area contributed by atoms with Crippen molar-refractivity contribution >= 4 is 27.5 Å². The van der Waals surface area contributed by atoms with E-state index in [9.17, 15) is 13.2 Å². The Bertz CT molecular complexity index is 328. The van der Waals surface area contributed by atoms with Crippen molar-refractivity contribution < 1.29 is 13.2 Å². The van der Waals surface area contributed by atoms with Crippen LogP contribution in [0.15, 0.2) is 0 Å². The maximum Gasteiger partial charge on any atom is 0.226 e. The Labute approximate surface area is 102 Å². The van der Waals surface area contributed by atoms with E-state index >= 15 is 0 Å². The quantitative estimate of drug-likeness (QED) is 0.654. The minimum absolute atomic E-state index is 0.0918. The average molecular weight is 271 g/mol. The zero-order chi connectivity index (χ0) is 12.8. The van der Waals surface area contributed by atoms with Gasteiger partial charge in [0.15, 0.2) is 0 Å². The van der Waals surface area contributed by atoms with Gasteiger partial charge in [0, 0.05) is 19.0 Å². The van der Waals surface area contributed by atoms with Crippen LogP contribution in [0.3, 0.4) is 0 Å². The van der Waals surface area contributed by atoms with Gasteiger partial charge >= 0.3 is 0 Å². The largest absolute Gasteiger partial charge is 0.355 e. The van der Waals surface area contributed by atoms with Crippen molar-refractivity contribution in [2.75, 3.05) is 24.7 Å². The van der Waals surface area contributed by atoms with Crippen molar-refractivity contribution in [2.24, 2.45) is 5.41 Å². The second kappa shape index (κ2) is 6.42. The van der Waals surface area contributed by atoms with Crippen LogP contribution >= 0.6 is 11.6 Å². The molecule has 0 bridgehead atoms. The Morgan fingerprint density at radius 1 is 1.38 bits per heavy atom. The van der Waals surface area contributed by atoms with Crippen molar-refractivity contribution in [1.82, 2.24) is 10.0 Å². The van der Waals surface area contributed by atoms with E-state index in [4.69, 9.17) is 11.6 Å². The van der Waals surface area contributed by atoms with Crippen LogP contribution in [-0.4, -0.2) is 39.0 Å². The fourth-order valence-corrected chi connectivity index (χ4v) is 1.97. The molecule has 0 unspecified atom stereocenters. The molecule has 0 fully saturated rings. The van der Waals surface area contributed by atoms with Gasteiger partial charge in [-0.3, -0.25) is 4.79 Å². The van der Waals surface area contributed by atoms with E-state index < -0.39 is 15.4 Å². The maximum atomic E-state index is 11.5. The van der Waals surface area contributed by atoms with Crippen molar-refractivity contribution in [3.63, 3.8) is 0 Å². The Kier molecular flexibility index (Phi) is 6.28. The first-order chi connectivity index (χ1) is 7.25. The molecule has 96 valence electrons. The first kappa shape index (κ1) is 15.7. The summed E-state index contributed by atoms with van der Waals surface area (Å²) >= 11 is 5.62. The van der Waals surface area contributed by atoms with E-state index in [0.29, 0.717) is 6.54 Å². The van der Waals surface area contributed by atoms with E-state index in [1.54, 1.807) is 20.8 Å². The Balaban J connectivity index is 4.05. The molecular weight excluding hydrogens is 252 g/mol. The number of halogens is 1. The van der Waals surface area contributed by atoms with Crippen molar-refractivity contribution in [1.29, 1.82) is 0 Å². The number of alkyl halides is 1. The number of carbonyl (C=O) groups is 1. The van der Waals surface area contributed by atoms with Gasteiger partial charge < -0.3 is 5.32 Å². The minimum atomic E-state index is -3.28. The maximum absolute atomic E-state index is 11.5. The van der Waals surface area contributed by atoms with Gasteiger partial charge in [0.25, 0.3) is 0 Å². The third-order valence-corrected chi connectivity index (χ3v) is 4.11. The molecule has 0 radical (unpaired) electrons. The molecule has 5 nitrogen and oxygen atoms in total. The predicted octanol–water partition coefficient (Wildman–Crippen LogP) is 0.307. The van der Waals surface area contributed by atoms with Crippen LogP contribution in [-0.2, 0) is 14.8 Å². The third-order valence-electron chi connectivity index (χ3n) is 1.97. The molecule has 0 aliphatic heterocycles. The lowest BCUT2D eigenvalue weighted by molar-refractivity contribution is -0.128. The SMILES string of the molecule is CCNS(=O)(=O)CCNC(=O)C(C)(C)CCl. The number of hydrogen-bond donors (Lipinski definition) is 2. The summed E-state index contributed by atoms with van der Waals surface area (Å²) in [6.45, 7) is 5.55. The van der Waals surface area contributed by atoms with Crippen molar-refractivity contribution in [3.05, 3.63) is 0 Å². The van der Waals surface area contributed by atoms with Gasteiger partial charge in [-0.15, -0.1) is 11.6 Å². The zero-order valence-corrected chi connectivity index (χ0v) is 11.4. The molecule has 0 atom stereocenters. The van der Waals surface area contributed by atoms with Gasteiger partial charge in [0.05, 0.1) is 11.2 Å². The van der Waals surface area contributed by atoms with Crippen LogP contribution in [0.25, 0.3) is 0 Å². The van der Waals surface area contributed by atoms with Gasteiger partial charge in [0.2, 0.25) is 15.9 Å². The normalized spacial score (nSPS) is 12.5. The topological polar surface area (TPSA) is 75.3 Å². The van der Waals surface area contributed by atoms with Gasteiger partial charge in [-0.25, -0.2) is 13.1 Å². The molecule has 1 amide bonds. The number of rotatable bonds is 7. The van der Waals surface area contributed by atoms with Crippen molar-refractivity contribution in [3.8, 4) is 0 Å². The standard InChI is InChI=1S/C9H19ClN2O3S/c1-4-12-16(14,15)6-5-11-8(13)9(2,3)7-10/h12H,4-7H2,1-3H3,(H,11,13). The summed E-state index contributed by atoms with van der Waals surface area (Å²) < 4.78 is 24.8. The summed E-state index contributed by atoms with van der Waals surface area (Å²) in [5.74, 6) is -0.168. The Hall–Kier alpha value is -0.330. The zero-order valence-electron chi connectivity index (χ0n) is 9.84. The molecule has 0 aliphatic carbocycles. The highest BCUT2D eigenvalue weighted by molar-refractivity contribution is 7.89. The van der Waals surface area contributed by atoms with E-state index in [0.717, 1.165) is 0 Å². The minimum Gasteiger partial charge on any atom is -0.355 e. The first-order valence-electron chi connectivity index (χ1n) is 5.07. The summed E-state index contributed by atoms with van der Waals surface area (Å²) in [4.78, 5) is 11.5. The van der Waals surface area contributed by atoms with Crippen LogP contribution in [0.4, 0.5) is 0 Å². The second-order valence-corrected chi connectivity index (χ2v) is 6.28. The molecule has 0 aliphatic rings. The lowest BCUT2D eigenvalue weighted by Crippen LogP contribution is -2.41. The molecule has 2 N–H and O–H groups in total. The van der Waals surface area contributed by atoms with E-state index in [2.05, 4.69) is 10.0 Å². The lowest BCUT2D eigenvalue weighted by Gasteiger charge is -2.20. The van der Waals surface area contributed by atoms with Crippen LogP contribution in [0.5, 0.6) is 0 Å². The van der Waals surface area contributed by atoms with Gasteiger partial charge in [-0.05, 0) is 13.8 Å². The number of amides is 1. The molecule has 0 heterocycles. The van der Waals surface area contributed by atoms with Crippen LogP contribution in [0, 0.1) is 5.41 Å². The van der Waals surface area contributed by atoms with Gasteiger partial charge in [-0.1, -0.05) is 6.92 Å². The monoisotopic (exact) mass is 270 g/mol.